The van der Waals surface area contributed by atoms with Crippen molar-refractivity contribution in [2.45, 2.75) is 44.8 Å². The molecule has 1 atom stereocenters. The van der Waals surface area contributed by atoms with E-state index in [2.05, 4.69) is 11.8 Å². The third-order valence-corrected chi connectivity index (χ3v) is 5.68. The number of carbonyl (C=O) groups excluding carboxylic acids is 1. The SMILES string of the molecule is COc1ccc(F)c(CN2CCC[C@@](O)(CN3CCC(C)CC3)C2=O)c1. The van der Waals surface area contributed by atoms with Gasteiger partial charge < -0.3 is 14.7 Å². The molecule has 1 amide bonds. The highest BCUT2D eigenvalue weighted by atomic mass is 19.1. The summed E-state index contributed by atoms with van der Waals surface area (Å²) in [6.07, 6.45) is 3.39. The van der Waals surface area contributed by atoms with Crippen molar-refractivity contribution < 1.29 is 19.0 Å². The zero-order valence-electron chi connectivity index (χ0n) is 15.7. The maximum Gasteiger partial charge on any atom is 0.256 e. The van der Waals surface area contributed by atoms with Gasteiger partial charge in [0.25, 0.3) is 5.91 Å². The van der Waals surface area contributed by atoms with Crippen LogP contribution in [0.2, 0.25) is 0 Å². The summed E-state index contributed by atoms with van der Waals surface area (Å²) in [5, 5.41) is 11.0. The third kappa shape index (κ3) is 4.18. The van der Waals surface area contributed by atoms with Crippen molar-refractivity contribution in [3.63, 3.8) is 0 Å². The lowest BCUT2D eigenvalue weighted by Gasteiger charge is -2.42. The van der Waals surface area contributed by atoms with Gasteiger partial charge in [-0.3, -0.25) is 9.69 Å². The van der Waals surface area contributed by atoms with E-state index >= 15 is 0 Å². The average Bonchev–Trinajstić information content (AvgIpc) is 2.63. The summed E-state index contributed by atoms with van der Waals surface area (Å²) in [6.45, 7) is 5.14. The quantitative estimate of drug-likeness (QED) is 0.872. The maximum atomic E-state index is 14.1. The summed E-state index contributed by atoms with van der Waals surface area (Å²) in [5.74, 6) is 0.612. The number of piperidine rings is 2. The van der Waals surface area contributed by atoms with Gasteiger partial charge in [-0.05, 0) is 62.9 Å². The molecule has 0 spiro atoms. The number of hydrogen-bond donors (Lipinski definition) is 1. The molecule has 2 aliphatic rings. The molecule has 3 rings (SSSR count). The number of aliphatic hydroxyl groups is 1. The lowest BCUT2D eigenvalue weighted by Crippen LogP contribution is -2.59. The molecule has 2 fully saturated rings. The van der Waals surface area contributed by atoms with Crippen LogP contribution >= 0.6 is 0 Å². The van der Waals surface area contributed by atoms with Gasteiger partial charge in [-0.15, -0.1) is 0 Å². The number of rotatable bonds is 5. The van der Waals surface area contributed by atoms with Crippen LogP contribution in [0.25, 0.3) is 0 Å². The number of halogens is 1. The van der Waals surface area contributed by atoms with Crippen LogP contribution < -0.4 is 4.74 Å². The maximum absolute atomic E-state index is 14.1. The first-order valence-corrected chi connectivity index (χ1v) is 9.48. The largest absolute Gasteiger partial charge is 0.497 e. The lowest BCUT2D eigenvalue weighted by molar-refractivity contribution is -0.160. The topological polar surface area (TPSA) is 53.0 Å². The number of amides is 1. The van der Waals surface area contributed by atoms with Crippen LogP contribution in [0.15, 0.2) is 18.2 Å². The number of benzene rings is 1. The summed E-state index contributed by atoms with van der Waals surface area (Å²) in [6, 6.07) is 4.52. The summed E-state index contributed by atoms with van der Waals surface area (Å²) in [7, 11) is 1.53. The first-order valence-electron chi connectivity index (χ1n) is 9.48. The first kappa shape index (κ1) is 19.1. The summed E-state index contributed by atoms with van der Waals surface area (Å²) < 4.78 is 19.3. The normalized spacial score (nSPS) is 25.5. The second-order valence-corrected chi connectivity index (χ2v) is 7.78. The van der Waals surface area contributed by atoms with Gasteiger partial charge in [0.1, 0.15) is 11.6 Å². The highest BCUT2D eigenvalue weighted by Crippen LogP contribution is 2.28. The first-order chi connectivity index (χ1) is 12.4. The fraction of sp³-hybridized carbons (Fsp3) is 0.650. The van der Waals surface area contributed by atoms with E-state index < -0.39 is 5.60 Å². The molecule has 5 nitrogen and oxygen atoms in total. The van der Waals surface area contributed by atoms with Crippen LogP contribution in [0.4, 0.5) is 4.39 Å². The van der Waals surface area contributed by atoms with E-state index in [9.17, 15) is 14.3 Å². The van der Waals surface area contributed by atoms with Crippen molar-refractivity contribution in [1.82, 2.24) is 9.80 Å². The molecule has 0 bridgehead atoms. The van der Waals surface area contributed by atoms with Gasteiger partial charge in [0.2, 0.25) is 0 Å². The number of methoxy groups -OCH3 is 1. The minimum absolute atomic E-state index is 0.154. The molecule has 0 aromatic heterocycles. The van der Waals surface area contributed by atoms with Gasteiger partial charge in [-0.25, -0.2) is 4.39 Å². The molecule has 0 saturated carbocycles. The molecule has 144 valence electrons. The average molecular weight is 364 g/mol. The van der Waals surface area contributed by atoms with Crippen LogP contribution in [-0.2, 0) is 11.3 Å². The summed E-state index contributed by atoms with van der Waals surface area (Å²) in [4.78, 5) is 16.7. The number of carbonyl (C=O) groups is 1. The second kappa shape index (κ2) is 7.92. The van der Waals surface area contributed by atoms with Crippen molar-refractivity contribution in [1.29, 1.82) is 0 Å². The predicted octanol–water partition coefficient (Wildman–Crippen LogP) is 2.42. The predicted molar refractivity (Wildman–Crippen MR) is 97.4 cm³/mol. The smallest absolute Gasteiger partial charge is 0.256 e. The Hall–Kier alpha value is -1.66. The Labute approximate surface area is 154 Å². The molecule has 0 aliphatic carbocycles. The highest BCUT2D eigenvalue weighted by Gasteiger charge is 2.43. The van der Waals surface area contributed by atoms with E-state index in [1.807, 2.05) is 0 Å². The van der Waals surface area contributed by atoms with E-state index in [-0.39, 0.29) is 18.3 Å². The Balaban J connectivity index is 1.69. The van der Waals surface area contributed by atoms with Crippen molar-refractivity contribution >= 4 is 5.91 Å². The van der Waals surface area contributed by atoms with Crippen LogP contribution in [0.1, 0.15) is 38.2 Å². The Bertz CT molecular complexity index is 646. The Morgan fingerprint density at radius 3 is 2.73 bits per heavy atom. The molecular weight excluding hydrogens is 335 g/mol. The molecule has 1 aromatic carbocycles. The minimum atomic E-state index is -1.37. The van der Waals surface area contributed by atoms with Gasteiger partial charge in [-0.2, -0.15) is 0 Å². The van der Waals surface area contributed by atoms with Crippen molar-refractivity contribution in [2.75, 3.05) is 33.3 Å². The van der Waals surface area contributed by atoms with E-state index in [4.69, 9.17) is 4.74 Å². The van der Waals surface area contributed by atoms with Crippen LogP contribution in [0, 0.1) is 11.7 Å². The Morgan fingerprint density at radius 1 is 1.31 bits per heavy atom. The van der Waals surface area contributed by atoms with Crippen molar-refractivity contribution in [3.8, 4) is 5.75 Å². The highest BCUT2D eigenvalue weighted by molar-refractivity contribution is 5.86. The van der Waals surface area contributed by atoms with Gasteiger partial charge in [0.15, 0.2) is 5.60 Å². The lowest BCUT2D eigenvalue weighted by atomic mass is 9.89. The zero-order chi connectivity index (χ0) is 18.7. The standard InChI is InChI=1S/C20H29FN2O3/c1-15-6-10-22(11-7-15)14-20(25)8-3-9-23(19(20)24)13-16-12-17(26-2)4-5-18(16)21/h4-5,12,15,25H,3,6-11,13-14H2,1-2H3/t20-/m1/s1. The molecule has 6 heteroatoms. The van der Waals surface area contributed by atoms with E-state index in [0.717, 1.165) is 32.4 Å². The number of nitrogens with zero attached hydrogens (tertiary/aromatic N) is 2. The van der Waals surface area contributed by atoms with Gasteiger partial charge in [-0.1, -0.05) is 6.92 Å². The van der Waals surface area contributed by atoms with Crippen molar-refractivity contribution in [2.24, 2.45) is 5.92 Å². The van der Waals surface area contributed by atoms with Gasteiger partial charge in [0.05, 0.1) is 7.11 Å². The third-order valence-electron chi connectivity index (χ3n) is 5.68. The second-order valence-electron chi connectivity index (χ2n) is 7.78. The molecule has 2 saturated heterocycles. The fourth-order valence-corrected chi connectivity index (χ4v) is 3.96. The molecule has 2 heterocycles. The van der Waals surface area contributed by atoms with E-state index in [1.54, 1.807) is 17.0 Å². The van der Waals surface area contributed by atoms with E-state index in [0.29, 0.717) is 36.7 Å². The number of hydrogen-bond acceptors (Lipinski definition) is 4. The molecule has 1 N–H and O–H groups in total. The fourth-order valence-electron chi connectivity index (χ4n) is 3.96. The number of likely N-dealkylation sites (tertiary alicyclic amines) is 2. The van der Waals surface area contributed by atoms with Gasteiger partial charge >= 0.3 is 0 Å². The molecular formula is C20H29FN2O3. The van der Waals surface area contributed by atoms with Crippen LogP contribution in [-0.4, -0.2) is 59.7 Å². The molecule has 1 aromatic rings. The minimum Gasteiger partial charge on any atom is -0.497 e. The van der Waals surface area contributed by atoms with Gasteiger partial charge in [0, 0.05) is 25.2 Å². The monoisotopic (exact) mass is 364 g/mol. The number of ether oxygens (including phenoxy) is 1. The molecule has 0 unspecified atom stereocenters. The molecule has 0 radical (unpaired) electrons. The summed E-state index contributed by atoms with van der Waals surface area (Å²) >= 11 is 0. The Morgan fingerprint density at radius 2 is 2.04 bits per heavy atom. The molecule has 26 heavy (non-hydrogen) atoms. The van der Waals surface area contributed by atoms with Crippen molar-refractivity contribution in [3.05, 3.63) is 29.6 Å². The Kier molecular flexibility index (Phi) is 5.82. The van der Waals surface area contributed by atoms with Crippen LogP contribution in [0.5, 0.6) is 5.75 Å². The summed E-state index contributed by atoms with van der Waals surface area (Å²) in [5.41, 5.74) is -0.956. The number of β-amino-alcohol motifs (C(OH)–C–C–N with tert-alkyl or cyclic N) is 1. The van der Waals surface area contributed by atoms with Crippen LogP contribution in [0.3, 0.4) is 0 Å². The zero-order valence-corrected chi connectivity index (χ0v) is 15.7. The van der Waals surface area contributed by atoms with E-state index in [1.165, 1.54) is 13.2 Å². The molecule has 2 aliphatic heterocycles.